The fourth-order valence-corrected chi connectivity index (χ4v) is 3.22. The largest absolute Gasteiger partial charge is 0.350 e. The van der Waals surface area contributed by atoms with Gasteiger partial charge in [0.15, 0.2) is 0 Å². The van der Waals surface area contributed by atoms with Crippen LogP contribution in [0.1, 0.15) is 36.4 Å². The van der Waals surface area contributed by atoms with E-state index in [-0.39, 0.29) is 11.9 Å². The molecule has 0 saturated carbocycles. The van der Waals surface area contributed by atoms with Crippen LogP contribution < -0.4 is 5.32 Å². The van der Waals surface area contributed by atoms with Gasteiger partial charge in [0, 0.05) is 6.54 Å². The van der Waals surface area contributed by atoms with Gasteiger partial charge in [-0.15, -0.1) is 0 Å². The molecule has 1 N–H and O–H groups in total. The van der Waals surface area contributed by atoms with Crippen LogP contribution in [0.15, 0.2) is 60.7 Å². The molecule has 1 unspecified atom stereocenters. The van der Waals surface area contributed by atoms with E-state index in [9.17, 15) is 4.79 Å². The van der Waals surface area contributed by atoms with Crippen molar-refractivity contribution >= 4 is 5.91 Å². The van der Waals surface area contributed by atoms with E-state index in [0.29, 0.717) is 6.54 Å². The molecule has 0 spiro atoms. The predicted molar refractivity (Wildman–Crippen MR) is 92.9 cm³/mol. The van der Waals surface area contributed by atoms with Crippen LogP contribution in [0.25, 0.3) is 0 Å². The smallest absolute Gasteiger partial charge is 0.242 e. The summed E-state index contributed by atoms with van der Waals surface area (Å²) >= 11 is 0. The summed E-state index contributed by atoms with van der Waals surface area (Å²) in [6.45, 7) is 2.58. The van der Waals surface area contributed by atoms with Gasteiger partial charge in [0.05, 0.1) is 0 Å². The van der Waals surface area contributed by atoms with Gasteiger partial charge in [0.2, 0.25) is 5.91 Å². The Bertz CT molecular complexity index is 606. The number of nitrogens with one attached hydrogen (secondary N) is 1. The van der Waals surface area contributed by atoms with E-state index in [4.69, 9.17) is 0 Å². The minimum atomic E-state index is -0.180. The molecular weight excluding hydrogens is 284 g/mol. The lowest BCUT2D eigenvalue weighted by molar-refractivity contribution is -0.127. The van der Waals surface area contributed by atoms with Crippen molar-refractivity contribution < 1.29 is 4.79 Å². The average Bonchev–Trinajstić information content (AvgIpc) is 2.63. The van der Waals surface area contributed by atoms with E-state index in [1.165, 1.54) is 19.3 Å². The maximum atomic E-state index is 12.9. The number of carbonyl (C=O) groups excluding carboxylic acids is 1. The molecule has 2 aromatic carbocycles. The molecule has 1 atom stereocenters. The second-order valence-corrected chi connectivity index (χ2v) is 6.11. The third-order valence-electron chi connectivity index (χ3n) is 4.43. The quantitative estimate of drug-likeness (QED) is 0.916. The lowest BCUT2D eigenvalue weighted by Gasteiger charge is -2.34. The fraction of sp³-hybridized carbons (Fsp3) is 0.350. The topological polar surface area (TPSA) is 32.3 Å². The summed E-state index contributed by atoms with van der Waals surface area (Å²) < 4.78 is 0. The van der Waals surface area contributed by atoms with Crippen LogP contribution >= 0.6 is 0 Å². The van der Waals surface area contributed by atoms with Crippen LogP contribution in [-0.2, 0) is 11.3 Å². The Labute approximate surface area is 138 Å². The van der Waals surface area contributed by atoms with E-state index < -0.39 is 0 Å². The first-order valence-corrected chi connectivity index (χ1v) is 8.45. The SMILES string of the molecule is O=C(NCc1ccccc1)C(c1ccccc1)N1CCCCC1. The Balaban J connectivity index is 1.73. The predicted octanol–water partition coefficient (Wildman–Crippen LogP) is 3.53. The van der Waals surface area contributed by atoms with Gasteiger partial charge in [-0.25, -0.2) is 0 Å². The van der Waals surface area contributed by atoms with Gasteiger partial charge in [0.25, 0.3) is 0 Å². The van der Waals surface area contributed by atoms with E-state index in [1.54, 1.807) is 0 Å². The molecule has 3 nitrogen and oxygen atoms in total. The maximum absolute atomic E-state index is 12.9. The Kier molecular flexibility index (Phi) is 5.43. The molecule has 0 aliphatic carbocycles. The van der Waals surface area contributed by atoms with Gasteiger partial charge in [0.1, 0.15) is 6.04 Å². The molecule has 1 fully saturated rings. The fourth-order valence-electron chi connectivity index (χ4n) is 3.22. The zero-order valence-electron chi connectivity index (χ0n) is 13.4. The minimum Gasteiger partial charge on any atom is -0.350 e. The second-order valence-electron chi connectivity index (χ2n) is 6.11. The number of benzene rings is 2. The number of nitrogens with zero attached hydrogens (tertiary/aromatic N) is 1. The number of likely N-dealkylation sites (tertiary alicyclic amines) is 1. The van der Waals surface area contributed by atoms with Gasteiger partial charge in [-0.3, -0.25) is 9.69 Å². The molecule has 23 heavy (non-hydrogen) atoms. The van der Waals surface area contributed by atoms with Crippen molar-refractivity contribution in [3.8, 4) is 0 Å². The maximum Gasteiger partial charge on any atom is 0.242 e. The molecule has 1 saturated heterocycles. The summed E-state index contributed by atoms with van der Waals surface area (Å²) in [7, 11) is 0. The van der Waals surface area contributed by atoms with Gasteiger partial charge in [-0.1, -0.05) is 67.1 Å². The van der Waals surface area contributed by atoms with Crippen molar-refractivity contribution in [3.63, 3.8) is 0 Å². The molecule has 1 amide bonds. The summed E-state index contributed by atoms with van der Waals surface area (Å²) in [5, 5.41) is 3.11. The average molecular weight is 308 g/mol. The Morgan fingerprint density at radius 1 is 0.913 bits per heavy atom. The van der Waals surface area contributed by atoms with Crippen LogP contribution in [0.2, 0.25) is 0 Å². The third-order valence-corrected chi connectivity index (χ3v) is 4.43. The van der Waals surface area contributed by atoms with Crippen LogP contribution in [0.4, 0.5) is 0 Å². The van der Waals surface area contributed by atoms with Gasteiger partial charge >= 0.3 is 0 Å². The summed E-state index contributed by atoms with van der Waals surface area (Å²) in [6.07, 6.45) is 3.62. The molecule has 3 rings (SSSR count). The molecular formula is C20H24N2O. The highest BCUT2D eigenvalue weighted by Gasteiger charge is 2.28. The van der Waals surface area contributed by atoms with Crippen LogP contribution in [-0.4, -0.2) is 23.9 Å². The van der Waals surface area contributed by atoms with Gasteiger partial charge in [-0.05, 0) is 37.1 Å². The van der Waals surface area contributed by atoms with Crippen LogP contribution in [0, 0.1) is 0 Å². The van der Waals surface area contributed by atoms with Crippen molar-refractivity contribution in [2.24, 2.45) is 0 Å². The first-order valence-electron chi connectivity index (χ1n) is 8.45. The molecule has 1 heterocycles. The number of hydrogen-bond acceptors (Lipinski definition) is 2. The molecule has 2 aromatic rings. The number of piperidine rings is 1. The highest BCUT2D eigenvalue weighted by atomic mass is 16.2. The van der Waals surface area contributed by atoms with Crippen molar-refractivity contribution in [1.29, 1.82) is 0 Å². The molecule has 1 aliphatic rings. The van der Waals surface area contributed by atoms with E-state index in [2.05, 4.69) is 22.3 Å². The minimum absolute atomic E-state index is 0.0990. The molecule has 0 aromatic heterocycles. The summed E-state index contributed by atoms with van der Waals surface area (Å²) in [5.41, 5.74) is 2.21. The number of rotatable bonds is 5. The zero-order valence-corrected chi connectivity index (χ0v) is 13.4. The molecule has 120 valence electrons. The summed E-state index contributed by atoms with van der Waals surface area (Å²) in [6, 6.07) is 20.0. The third kappa shape index (κ3) is 4.20. The van der Waals surface area contributed by atoms with Gasteiger partial charge < -0.3 is 5.32 Å². The zero-order chi connectivity index (χ0) is 15.9. The van der Waals surface area contributed by atoms with E-state index in [1.807, 2.05) is 48.5 Å². The molecule has 0 bridgehead atoms. The lowest BCUT2D eigenvalue weighted by Crippen LogP contribution is -2.42. The van der Waals surface area contributed by atoms with E-state index in [0.717, 1.165) is 24.2 Å². The molecule has 3 heteroatoms. The van der Waals surface area contributed by atoms with Crippen molar-refractivity contribution in [3.05, 3.63) is 71.8 Å². The standard InChI is InChI=1S/C20H24N2O/c23-20(21-16-17-10-4-1-5-11-17)19(18-12-6-2-7-13-18)22-14-8-3-9-15-22/h1-2,4-7,10-13,19H,3,8-9,14-16H2,(H,21,23). The number of hydrogen-bond donors (Lipinski definition) is 1. The lowest BCUT2D eigenvalue weighted by atomic mass is 10.0. The van der Waals surface area contributed by atoms with Crippen LogP contribution in [0.5, 0.6) is 0 Å². The highest BCUT2D eigenvalue weighted by Crippen LogP contribution is 2.25. The van der Waals surface area contributed by atoms with Crippen molar-refractivity contribution in [2.45, 2.75) is 31.8 Å². The first-order chi connectivity index (χ1) is 11.3. The summed E-state index contributed by atoms with van der Waals surface area (Å²) in [5.74, 6) is 0.0990. The Morgan fingerprint density at radius 3 is 2.17 bits per heavy atom. The van der Waals surface area contributed by atoms with Gasteiger partial charge in [-0.2, -0.15) is 0 Å². The van der Waals surface area contributed by atoms with Crippen molar-refractivity contribution in [2.75, 3.05) is 13.1 Å². The number of amides is 1. The van der Waals surface area contributed by atoms with Crippen molar-refractivity contribution in [1.82, 2.24) is 10.2 Å². The Morgan fingerprint density at radius 2 is 1.52 bits per heavy atom. The summed E-state index contributed by atoms with van der Waals surface area (Å²) in [4.78, 5) is 15.2. The monoisotopic (exact) mass is 308 g/mol. The number of carbonyl (C=O) groups is 1. The Hall–Kier alpha value is -2.13. The normalized spacial score (nSPS) is 16.7. The van der Waals surface area contributed by atoms with E-state index >= 15 is 0 Å². The second kappa shape index (κ2) is 7.93. The molecule has 0 radical (unpaired) electrons. The first kappa shape index (κ1) is 15.8. The van der Waals surface area contributed by atoms with Crippen LogP contribution in [0.3, 0.4) is 0 Å². The highest BCUT2D eigenvalue weighted by molar-refractivity contribution is 5.83. The molecule has 1 aliphatic heterocycles.